The van der Waals surface area contributed by atoms with Crippen LogP contribution >= 0.6 is 82.3 Å². The van der Waals surface area contributed by atoms with Gasteiger partial charge in [0.05, 0.1) is 225 Å². The van der Waals surface area contributed by atoms with Gasteiger partial charge in [0, 0.05) is 44.9 Å². The molecule has 690 valence electrons. The second-order valence-corrected chi connectivity index (χ2v) is 41.0. The molecule has 0 rings (SSSR count). The number of nitrogens with zero attached hydrogens (tertiary/aromatic N) is 7. The predicted molar refractivity (Wildman–Crippen MR) is 530 cm³/mol. The molecule has 0 aliphatic heterocycles. The molecular weight excluding hydrogens is 1560 g/mol. The minimum atomic E-state index is 0.357. The molecule has 0 bridgehead atoms. The fourth-order valence-corrected chi connectivity index (χ4v) is 21.6. The second-order valence-electron chi connectivity index (χ2n) is 32.9. The van der Waals surface area contributed by atoms with Gasteiger partial charge in [-0.25, -0.2) is 0 Å². The number of hydrogen-bond donors (Lipinski definition) is 0. The summed E-state index contributed by atoms with van der Waals surface area (Å²) in [6.45, 7) is 85.3. The predicted octanol–water partition coefficient (Wildman–Crippen LogP) is 24.4. The summed E-state index contributed by atoms with van der Waals surface area (Å²) in [5, 5.41) is 2.61. The topological polar surface area (TPSA) is 119 Å². The Morgan fingerprint density at radius 1 is 0.165 bits per heavy atom. The van der Waals surface area contributed by atoms with E-state index in [0.29, 0.717) is 35.8 Å². The van der Waals surface area contributed by atoms with Gasteiger partial charge in [0.1, 0.15) is 0 Å². The SMILES string of the molecule is CCCC(=O)SCC[N+](CC)(CC)CC.CCCC(=O)SCC[N+](CC)(CCC)CCC.CCCC(=O)SCC[N+](CC)(CCC)CCC.CCCCC(=O)SCC[N+](C)(C)C.CCCCC(=O)SCC[N+](CC)(CC)CC.CCCCC(=O)SCC[N+](CC)(CCC)CCC.CCCCC(=O)SCC[N+](CC)(CCC)CCCC. The first-order valence-corrected chi connectivity index (χ1v) is 54.7. The van der Waals surface area contributed by atoms with E-state index < -0.39 is 0 Å². The van der Waals surface area contributed by atoms with Gasteiger partial charge in [-0.05, 0) is 166 Å². The Morgan fingerprint density at radius 2 is 0.322 bits per heavy atom. The molecule has 0 saturated heterocycles. The monoisotopic (exact) mass is 1770 g/mol. The van der Waals surface area contributed by atoms with E-state index in [4.69, 9.17) is 0 Å². The zero-order valence-electron chi connectivity index (χ0n) is 82.1. The fourth-order valence-electron chi connectivity index (χ4n) is 14.3. The summed E-state index contributed by atoms with van der Waals surface area (Å²) in [5.74, 6) is 6.90. The van der Waals surface area contributed by atoms with Crippen LogP contribution in [0.3, 0.4) is 0 Å². The Hall–Kier alpha value is -0.140. The van der Waals surface area contributed by atoms with Crippen LogP contribution in [0, 0.1) is 0 Å². The summed E-state index contributed by atoms with van der Waals surface area (Å²) in [5.41, 5.74) is 0. The van der Waals surface area contributed by atoms with Crippen molar-refractivity contribution in [1.29, 1.82) is 0 Å². The summed E-state index contributed by atoms with van der Waals surface area (Å²) in [4.78, 5) is 80.4. The molecule has 1 unspecified atom stereocenters. The number of thioether (sulfide) groups is 7. The molecule has 0 N–H and O–H groups in total. The second kappa shape index (κ2) is 87.3. The average molecular weight is 1770 g/mol. The van der Waals surface area contributed by atoms with Crippen LogP contribution in [0.15, 0.2) is 0 Å². The quantitative estimate of drug-likeness (QED) is 0.0537. The molecule has 0 aromatic carbocycles. The Bertz CT molecular complexity index is 2150. The van der Waals surface area contributed by atoms with Crippen molar-refractivity contribution in [3.63, 3.8) is 0 Å². The Labute approximate surface area is 748 Å². The molecule has 0 heterocycles. The number of rotatable bonds is 66. The van der Waals surface area contributed by atoms with Crippen LogP contribution < -0.4 is 0 Å². The minimum absolute atomic E-state index is 0.357. The summed E-state index contributed by atoms with van der Waals surface area (Å²) in [6, 6.07) is 0. The van der Waals surface area contributed by atoms with Gasteiger partial charge in [-0.2, -0.15) is 0 Å². The van der Waals surface area contributed by atoms with Crippen LogP contribution in [-0.4, -0.2) is 292 Å². The van der Waals surface area contributed by atoms with E-state index in [-0.39, 0.29) is 0 Å². The molecule has 0 spiro atoms. The van der Waals surface area contributed by atoms with E-state index >= 15 is 0 Å². The molecular formula is C94H202N7O7S7+7. The zero-order chi connectivity index (χ0) is 89.2. The fraction of sp³-hybridized carbons (Fsp3) is 0.926. The van der Waals surface area contributed by atoms with Crippen LogP contribution in [0.25, 0.3) is 0 Å². The molecule has 0 aromatic heterocycles. The zero-order valence-corrected chi connectivity index (χ0v) is 87.8. The van der Waals surface area contributed by atoms with Gasteiger partial charge in [-0.1, -0.05) is 218 Å². The first-order valence-electron chi connectivity index (χ1n) is 47.8. The Morgan fingerprint density at radius 3 is 0.470 bits per heavy atom. The van der Waals surface area contributed by atoms with Crippen LogP contribution in [-0.2, 0) is 33.6 Å². The van der Waals surface area contributed by atoms with Gasteiger partial charge in [-0.3, -0.25) is 33.6 Å². The maximum Gasteiger partial charge on any atom is 0.189 e. The first-order chi connectivity index (χ1) is 54.8. The number of carbonyl (C=O) groups excluding carboxylic acids is 7. The highest BCUT2D eigenvalue weighted by atomic mass is 32.2. The standard InChI is InChI=1S/C16H34NOS.C15H32NOS.2C14H30NOS.C13H28NOS.C12H26NOS.C10H22NOS/c1-5-9-11-16(18)19-15-14-17(8-4,12-7-3)13-10-6-2;1-5-9-10-15(17)18-14-13-16(8-4,11-6-2)12-7-3;2*1-5-9-14(16)17-13-12-15(8-4,10-6-2)11-7-3;1-5-9-10-13(15)16-12-11-14(6-2,7-3)8-4;1-5-9-12(14)15-11-10-13(6-2,7-3)8-4;1-5-6-7-10(12)13-9-8-11(2,3)4/h5-15H2,1-4H3;5-14H2,1-4H3;2*5-13H2,1-4H3;5-12H2,1-4H3;5-11H2,1-4H3;5-9H2,1-4H3/q7*+1. The summed E-state index contributed by atoms with van der Waals surface area (Å²) in [7, 11) is 6.45. The highest BCUT2D eigenvalue weighted by Gasteiger charge is 2.28. The van der Waals surface area contributed by atoms with Gasteiger partial charge in [0.15, 0.2) is 35.8 Å². The third-order valence-corrected chi connectivity index (χ3v) is 29.3. The van der Waals surface area contributed by atoms with Crippen molar-refractivity contribution < 1.29 is 64.9 Å². The molecule has 0 aliphatic rings. The number of hydrogen-bond acceptors (Lipinski definition) is 14. The van der Waals surface area contributed by atoms with Crippen LogP contribution in [0.4, 0.5) is 0 Å². The maximum absolute atomic E-state index is 11.7. The molecule has 0 aliphatic carbocycles. The van der Waals surface area contributed by atoms with Crippen molar-refractivity contribution in [3.8, 4) is 0 Å². The first kappa shape index (κ1) is 128. The molecule has 0 saturated carbocycles. The molecule has 14 nitrogen and oxygen atoms in total. The lowest BCUT2D eigenvalue weighted by atomic mass is 10.2. The van der Waals surface area contributed by atoms with E-state index in [9.17, 15) is 33.6 Å². The van der Waals surface area contributed by atoms with E-state index in [2.05, 4.69) is 194 Å². The molecule has 21 heteroatoms. The lowest BCUT2D eigenvalue weighted by Gasteiger charge is -2.37. The van der Waals surface area contributed by atoms with E-state index in [1.165, 1.54) is 229 Å². The van der Waals surface area contributed by atoms with E-state index in [1.54, 1.807) is 47.0 Å². The molecule has 0 aromatic rings. The average Bonchev–Trinajstić information content (AvgIpc) is 0.901. The number of quaternary nitrogens is 7. The molecule has 115 heavy (non-hydrogen) atoms. The molecule has 0 radical (unpaired) electrons. The van der Waals surface area contributed by atoms with Crippen LogP contribution in [0.5, 0.6) is 0 Å². The summed E-state index contributed by atoms with van der Waals surface area (Å²) >= 11 is 10.7. The summed E-state index contributed by atoms with van der Waals surface area (Å²) < 4.78 is 8.02. The minimum Gasteiger partial charge on any atom is -0.330 e. The summed E-state index contributed by atoms with van der Waals surface area (Å²) in [6.07, 6.45) is 28.0. The van der Waals surface area contributed by atoms with Crippen molar-refractivity contribution in [2.45, 2.75) is 346 Å². The van der Waals surface area contributed by atoms with E-state index in [0.717, 1.165) is 215 Å². The van der Waals surface area contributed by atoms with Gasteiger partial charge < -0.3 is 31.4 Å². The van der Waals surface area contributed by atoms with Gasteiger partial charge >= 0.3 is 0 Å². The highest BCUT2D eigenvalue weighted by Crippen LogP contribution is 2.22. The van der Waals surface area contributed by atoms with Crippen molar-refractivity contribution in [2.75, 3.05) is 225 Å². The van der Waals surface area contributed by atoms with Crippen molar-refractivity contribution in [2.24, 2.45) is 0 Å². The lowest BCUT2D eigenvalue weighted by molar-refractivity contribution is -0.924. The van der Waals surface area contributed by atoms with Gasteiger partial charge in [-0.15, -0.1) is 0 Å². The third kappa shape index (κ3) is 76.1. The maximum atomic E-state index is 11.7. The van der Waals surface area contributed by atoms with Crippen molar-refractivity contribution in [1.82, 2.24) is 0 Å². The number of carbonyl (C=O) groups is 7. The Balaban J connectivity index is -0.000000237. The van der Waals surface area contributed by atoms with Gasteiger partial charge in [0.2, 0.25) is 0 Å². The largest absolute Gasteiger partial charge is 0.330 e. The van der Waals surface area contributed by atoms with Crippen LogP contribution in [0.2, 0.25) is 0 Å². The normalized spacial score (nSPS) is 12.2. The smallest absolute Gasteiger partial charge is 0.189 e. The highest BCUT2D eigenvalue weighted by molar-refractivity contribution is 8.15. The lowest BCUT2D eigenvalue weighted by Crippen LogP contribution is -2.50. The molecule has 0 amide bonds. The van der Waals surface area contributed by atoms with Gasteiger partial charge in [0.25, 0.3) is 0 Å². The third-order valence-electron chi connectivity index (χ3n) is 22.9. The van der Waals surface area contributed by atoms with Crippen molar-refractivity contribution in [3.05, 3.63) is 0 Å². The number of unbranched alkanes of at least 4 members (excludes halogenated alkanes) is 5. The Kier molecular flexibility index (Phi) is 97.2. The molecule has 1 atom stereocenters. The van der Waals surface area contributed by atoms with Crippen molar-refractivity contribution >= 4 is 118 Å². The van der Waals surface area contributed by atoms with Crippen LogP contribution in [0.1, 0.15) is 346 Å². The molecule has 0 fully saturated rings. The van der Waals surface area contributed by atoms with E-state index in [1.807, 2.05) is 0 Å².